The third kappa shape index (κ3) is 2.59. The molecule has 4 heteroatoms. The van der Waals surface area contributed by atoms with Crippen molar-refractivity contribution in [1.29, 1.82) is 0 Å². The fraction of sp³-hybridized carbons (Fsp3) is 0.636. The molecule has 1 saturated carbocycles. The lowest BCUT2D eigenvalue weighted by Gasteiger charge is -2.08. The number of nitrogens with one attached hydrogen (secondary N) is 1. The SMILES string of the molecule is CC(C)c1nc(CC2CC2)[nH]c(=O)c1I. The zero-order valence-corrected chi connectivity index (χ0v) is 11.2. The van der Waals surface area contributed by atoms with Gasteiger partial charge in [-0.25, -0.2) is 4.98 Å². The summed E-state index contributed by atoms with van der Waals surface area (Å²) >= 11 is 2.08. The van der Waals surface area contributed by atoms with Crippen LogP contribution in [0.1, 0.15) is 44.1 Å². The van der Waals surface area contributed by atoms with E-state index in [9.17, 15) is 4.79 Å². The quantitative estimate of drug-likeness (QED) is 0.870. The first-order valence-electron chi connectivity index (χ1n) is 5.36. The van der Waals surface area contributed by atoms with Gasteiger partial charge in [-0.15, -0.1) is 0 Å². The number of aromatic amines is 1. The molecule has 0 aromatic carbocycles. The summed E-state index contributed by atoms with van der Waals surface area (Å²) in [7, 11) is 0. The predicted octanol–water partition coefficient (Wildman–Crippen LogP) is 2.45. The third-order valence-corrected chi connectivity index (χ3v) is 3.71. The van der Waals surface area contributed by atoms with E-state index in [0.717, 1.165) is 27.4 Å². The van der Waals surface area contributed by atoms with Crippen LogP contribution in [-0.4, -0.2) is 9.97 Å². The molecule has 3 nitrogen and oxygen atoms in total. The Morgan fingerprint density at radius 3 is 2.73 bits per heavy atom. The van der Waals surface area contributed by atoms with Crippen LogP contribution >= 0.6 is 22.6 Å². The van der Waals surface area contributed by atoms with Gasteiger partial charge < -0.3 is 4.98 Å². The van der Waals surface area contributed by atoms with Gasteiger partial charge in [-0.05, 0) is 47.3 Å². The topological polar surface area (TPSA) is 45.8 Å². The van der Waals surface area contributed by atoms with Crippen LogP contribution in [0.3, 0.4) is 0 Å². The first-order valence-corrected chi connectivity index (χ1v) is 6.44. The van der Waals surface area contributed by atoms with Crippen molar-refractivity contribution in [3.8, 4) is 0 Å². The summed E-state index contributed by atoms with van der Waals surface area (Å²) in [5, 5.41) is 0. The van der Waals surface area contributed by atoms with Crippen LogP contribution < -0.4 is 5.56 Å². The maximum absolute atomic E-state index is 11.7. The molecule has 15 heavy (non-hydrogen) atoms. The van der Waals surface area contributed by atoms with Gasteiger partial charge in [-0.3, -0.25) is 4.79 Å². The molecule has 0 spiro atoms. The van der Waals surface area contributed by atoms with Crippen molar-refractivity contribution in [3.05, 3.63) is 25.4 Å². The van der Waals surface area contributed by atoms with Crippen molar-refractivity contribution in [2.24, 2.45) is 5.92 Å². The molecule has 1 aromatic rings. The minimum Gasteiger partial charge on any atom is -0.310 e. The molecule has 2 rings (SSSR count). The molecule has 0 bridgehead atoms. The lowest BCUT2D eigenvalue weighted by atomic mass is 10.1. The fourth-order valence-electron chi connectivity index (χ4n) is 1.60. The van der Waals surface area contributed by atoms with Crippen molar-refractivity contribution in [1.82, 2.24) is 9.97 Å². The van der Waals surface area contributed by atoms with Gasteiger partial charge in [0, 0.05) is 6.42 Å². The van der Waals surface area contributed by atoms with Crippen molar-refractivity contribution < 1.29 is 0 Å². The largest absolute Gasteiger partial charge is 0.310 e. The summed E-state index contributed by atoms with van der Waals surface area (Å²) in [6.45, 7) is 4.15. The standard InChI is InChI=1S/C11H15IN2O/c1-6(2)10-9(12)11(15)14-8(13-10)5-7-3-4-7/h6-7H,3-5H2,1-2H3,(H,13,14,15). The Morgan fingerprint density at radius 1 is 1.53 bits per heavy atom. The van der Waals surface area contributed by atoms with Gasteiger partial charge in [0.25, 0.3) is 5.56 Å². The maximum atomic E-state index is 11.7. The Morgan fingerprint density at radius 2 is 2.20 bits per heavy atom. The molecule has 1 aromatic heterocycles. The second-order valence-corrected chi connectivity index (χ2v) is 5.59. The highest BCUT2D eigenvalue weighted by molar-refractivity contribution is 14.1. The highest BCUT2D eigenvalue weighted by Crippen LogP contribution is 2.31. The zero-order valence-electron chi connectivity index (χ0n) is 9.01. The van der Waals surface area contributed by atoms with Gasteiger partial charge in [-0.2, -0.15) is 0 Å². The Bertz CT molecular complexity index is 421. The van der Waals surface area contributed by atoms with Crippen LogP contribution in [0.4, 0.5) is 0 Å². The number of H-pyrrole nitrogens is 1. The molecule has 0 atom stereocenters. The van der Waals surface area contributed by atoms with Gasteiger partial charge in [0.2, 0.25) is 0 Å². The summed E-state index contributed by atoms with van der Waals surface area (Å²) in [6.07, 6.45) is 3.51. The highest BCUT2D eigenvalue weighted by Gasteiger charge is 2.23. The van der Waals surface area contributed by atoms with Gasteiger partial charge in [0.05, 0.1) is 9.26 Å². The molecule has 1 heterocycles. The van der Waals surface area contributed by atoms with Crippen molar-refractivity contribution in [2.75, 3.05) is 0 Å². The highest BCUT2D eigenvalue weighted by atomic mass is 127. The molecule has 0 radical (unpaired) electrons. The molecule has 1 N–H and O–H groups in total. The van der Waals surface area contributed by atoms with Crippen molar-refractivity contribution in [2.45, 2.75) is 39.0 Å². The molecular formula is C11H15IN2O. The Kier molecular flexibility index (Phi) is 3.13. The van der Waals surface area contributed by atoms with Gasteiger partial charge in [0.1, 0.15) is 5.82 Å². The third-order valence-electron chi connectivity index (χ3n) is 2.66. The molecule has 0 unspecified atom stereocenters. The molecular weight excluding hydrogens is 303 g/mol. The Labute approximate surface area is 103 Å². The average Bonchev–Trinajstić information content (AvgIpc) is 2.94. The van der Waals surface area contributed by atoms with E-state index in [4.69, 9.17) is 0 Å². The lowest BCUT2D eigenvalue weighted by molar-refractivity contribution is 0.720. The smallest absolute Gasteiger partial charge is 0.264 e. The summed E-state index contributed by atoms with van der Waals surface area (Å²) in [5.41, 5.74) is 0.958. The van der Waals surface area contributed by atoms with Crippen LogP contribution in [-0.2, 0) is 6.42 Å². The van der Waals surface area contributed by atoms with Crippen LogP contribution in [0.2, 0.25) is 0 Å². The Hall–Kier alpha value is -0.390. The van der Waals surface area contributed by atoms with Gasteiger partial charge in [-0.1, -0.05) is 13.8 Å². The first kappa shape index (κ1) is 11.1. The number of nitrogens with zero attached hydrogens (tertiary/aromatic N) is 1. The van der Waals surface area contributed by atoms with E-state index in [1.54, 1.807) is 0 Å². The fourth-order valence-corrected chi connectivity index (χ4v) is 2.48. The van der Waals surface area contributed by atoms with E-state index in [1.165, 1.54) is 12.8 Å². The van der Waals surface area contributed by atoms with Crippen molar-refractivity contribution >= 4 is 22.6 Å². The van der Waals surface area contributed by atoms with E-state index in [0.29, 0.717) is 5.92 Å². The summed E-state index contributed by atoms with van der Waals surface area (Å²) in [5.74, 6) is 1.94. The first-order chi connectivity index (χ1) is 7.08. The van der Waals surface area contributed by atoms with E-state index in [-0.39, 0.29) is 5.56 Å². The van der Waals surface area contributed by atoms with Gasteiger partial charge >= 0.3 is 0 Å². The molecule has 0 amide bonds. The minimum absolute atomic E-state index is 0.0185. The molecule has 82 valence electrons. The van der Waals surface area contributed by atoms with E-state index in [1.807, 2.05) is 0 Å². The van der Waals surface area contributed by atoms with Crippen LogP contribution in [0, 0.1) is 9.49 Å². The maximum Gasteiger partial charge on any atom is 0.264 e. The van der Waals surface area contributed by atoms with Crippen molar-refractivity contribution in [3.63, 3.8) is 0 Å². The average molecular weight is 318 g/mol. The molecule has 1 aliphatic carbocycles. The van der Waals surface area contributed by atoms with E-state index >= 15 is 0 Å². The normalized spacial score (nSPS) is 16.0. The van der Waals surface area contributed by atoms with Crippen LogP contribution in [0.25, 0.3) is 0 Å². The number of hydrogen-bond donors (Lipinski definition) is 1. The predicted molar refractivity (Wildman–Crippen MR) is 68.1 cm³/mol. The summed E-state index contributed by atoms with van der Waals surface area (Å²) in [6, 6.07) is 0. The summed E-state index contributed by atoms with van der Waals surface area (Å²) < 4.78 is 0.738. The lowest BCUT2D eigenvalue weighted by Crippen LogP contribution is -2.19. The second kappa shape index (κ2) is 4.23. The van der Waals surface area contributed by atoms with E-state index < -0.39 is 0 Å². The Balaban J connectivity index is 2.35. The molecule has 1 fully saturated rings. The number of hydrogen-bond acceptors (Lipinski definition) is 2. The number of halogens is 1. The minimum atomic E-state index is 0.0185. The zero-order chi connectivity index (χ0) is 11.0. The monoisotopic (exact) mass is 318 g/mol. The molecule has 0 saturated heterocycles. The van der Waals surface area contributed by atoms with Gasteiger partial charge in [0.15, 0.2) is 0 Å². The van der Waals surface area contributed by atoms with Crippen LogP contribution in [0.15, 0.2) is 4.79 Å². The van der Waals surface area contributed by atoms with E-state index in [2.05, 4.69) is 46.4 Å². The molecule has 1 aliphatic rings. The number of rotatable bonds is 3. The molecule has 0 aliphatic heterocycles. The van der Waals surface area contributed by atoms with Crippen LogP contribution in [0.5, 0.6) is 0 Å². The second-order valence-electron chi connectivity index (χ2n) is 4.51. The number of aromatic nitrogens is 2. The summed E-state index contributed by atoms with van der Waals surface area (Å²) in [4.78, 5) is 19.1.